The predicted molar refractivity (Wildman–Crippen MR) is 80.6 cm³/mol. The van der Waals surface area contributed by atoms with E-state index in [9.17, 15) is 4.79 Å². The lowest BCUT2D eigenvalue weighted by Gasteiger charge is -2.36. The maximum atomic E-state index is 12.9. The minimum atomic E-state index is -0.540. The lowest BCUT2D eigenvalue weighted by atomic mass is 9.82. The monoisotopic (exact) mass is 289 g/mol. The largest absolute Gasteiger partial charge is 0.454 e. The Hall–Kier alpha value is -1.71. The summed E-state index contributed by atoms with van der Waals surface area (Å²) >= 11 is 0. The SMILES string of the molecule is CC1CCN(C(=O)C(C)(C)c2ccc3c(c2)OCO3)CC1. The van der Waals surface area contributed by atoms with Gasteiger partial charge in [0.2, 0.25) is 12.7 Å². The van der Waals surface area contributed by atoms with Crippen molar-refractivity contribution in [2.24, 2.45) is 5.92 Å². The van der Waals surface area contributed by atoms with Crippen molar-refractivity contribution in [2.75, 3.05) is 19.9 Å². The third-order valence-electron chi connectivity index (χ3n) is 4.70. The molecule has 1 aromatic carbocycles. The van der Waals surface area contributed by atoms with Crippen LogP contribution in [0.5, 0.6) is 11.5 Å². The van der Waals surface area contributed by atoms with E-state index in [1.807, 2.05) is 36.9 Å². The molecule has 1 saturated heterocycles. The molecule has 1 amide bonds. The maximum Gasteiger partial charge on any atom is 0.232 e. The Morgan fingerprint density at radius 1 is 1.19 bits per heavy atom. The van der Waals surface area contributed by atoms with Gasteiger partial charge in [0.05, 0.1) is 5.41 Å². The molecule has 0 bridgehead atoms. The average molecular weight is 289 g/mol. The minimum Gasteiger partial charge on any atom is -0.454 e. The summed E-state index contributed by atoms with van der Waals surface area (Å²) in [6, 6.07) is 5.80. The van der Waals surface area contributed by atoms with Crippen molar-refractivity contribution >= 4 is 5.91 Å². The quantitative estimate of drug-likeness (QED) is 0.840. The van der Waals surface area contributed by atoms with Crippen molar-refractivity contribution in [1.29, 1.82) is 0 Å². The number of hydrogen-bond acceptors (Lipinski definition) is 3. The van der Waals surface area contributed by atoms with Gasteiger partial charge in [-0.2, -0.15) is 0 Å². The lowest BCUT2D eigenvalue weighted by molar-refractivity contribution is -0.137. The van der Waals surface area contributed by atoms with E-state index in [1.54, 1.807) is 0 Å². The summed E-state index contributed by atoms with van der Waals surface area (Å²) in [5, 5.41) is 0. The van der Waals surface area contributed by atoms with Crippen LogP contribution in [0.25, 0.3) is 0 Å². The Kier molecular flexibility index (Phi) is 3.56. The van der Waals surface area contributed by atoms with Gasteiger partial charge in [-0.15, -0.1) is 0 Å². The highest BCUT2D eigenvalue weighted by molar-refractivity contribution is 5.87. The average Bonchev–Trinajstić information content (AvgIpc) is 2.94. The molecular weight excluding hydrogens is 266 g/mol. The second-order valence-corrected chi connectivity index (χ2v) is 6.67. The van der Waals surface area contributed by atoms with E-state index < -0.39 is 5.41 Å². The fourth-order valence-corrected chi connectivity index (χ4v) is 3.02. The van der Waals surface area contributed by atoms with E-state index in [1.165, 1.54) is 0 Å². The van der Waals surface area contributed by atoms with Crippen molar-refractivity contribution in [2.45, 2.75) is 39.0 Å². The Morgan fingerprint density at radius 2 is 1.86 bits per heavy atom. The zero-order valence-corrected chi connectivity index (χ0v) is 13.0. The highest BCUT2D eigenvalue weighted by Gasteiger charge is 2.35. The summed E-state index contributed by atoms with van der Waals surface area (Å²) in [6.45, 7) is 8.24. The van der Waals surface area contributed by atoms with Gasteiger partial charge in [0.1, 0.15) is 0 Å². The second-order valence-electron chi connectivity index (χ2n) is 6.67. The van der Waals surface area contributed by atoms with Crippen LogP contribution in [0.15, 0.2) is 18.2 Å². The van der Waals surface area contributed by atoms with Gasteiger partial charge in [-0.1, -0.05) is 13.0 Å². The fraction of sp³-hybridized carbons (Fsp3) is 0.588. The fourth-order valence-electron chi connectivity index (χ4n) is 3.02. The number of carbonyl (C=O) groups excluding carboxylic acids is 1. The molecule has 2 heterocycles. The van der Waals surface area contributed by atoms with Crippen LogP contribution in [0.1, 0.15) is 39.2 Å². The smallest absolute Gasteiger partial charge is 0.232 e. The number of fused-ring (bicyclic) bond motifs is 1. The molecule has 3 rings (SSSR count). The van der Waals surface area contributed by atoms with Crippen LogP contribution in [-0.4, -0.2) is 30.7 Å². The summed E-state index contributed by atoms with van der Waals surface area (Å²) in [6.07, 6.45) is 2.20. The zero-order chi connectivity index (χ0) is 15.0. The van der Waals surface area contributed by atoms with Gasteiger partial charge in [-0.3, -0.25) is 4.79 Å². The molecule has 0 aliphatic carbocycles. The summed E-state index contributed by atoms with van der Waals surface area (Å²) in [7, 11) is 0. The summed E-state index contributed by atoms with van der Waals surface area (Å²) in [4.78, 5) is 14.9. The third kappa shape index (κ3) is 2.59. The van der Waals surface area contributed by atoms with Crippen LogP contribution < -0.4 is 9.47 Å². The molecule has 114 valence electrons. The molecule has 4 heteroatoms. The van der Waals surface area contributed by atoms with Gasteiger partial charge in [0.25, 0.3) is 0 Å². The van der Waals surface area contributed by atoms with E-state index in [0.29, 0.717) is 0 Å². The topological polar surface area (TPSA) is 38.8 Å². The molecule has 1 fully saturated rings. The van der Waals surface area contributed by atoms with Crippen LogP contribution in [0.2, 0.25) is 0 Å². The van der Waals surface area contributed by atoms with Crippen molar-refractivity contribution in [3.8, 4) is 11.5 Å². The molecule has 2 aliphatic heterocycles. The molecule has 0 N–H and O–H groups in total. The summed E-state index contributed by atoms with van der Waals surface area (Å²) in [5.74, 6) is 2.42. The number of ether oxygens (including phenoxy) is 2. The van der Waals surface area contributed by atoms with Gasteiger partial charge in [0.15, 0.2) is 11.5 Å². The Balaban J connectivity index is 1.80. The van der Waals surface area contributed by atoms with Gasteiger partial charge < -0.3 is 14.4 Å². The van der Waals surface area contributed by atoms with Crippen LogP contribution in [0.3, 0.4) is 0 Å². The molecular formula is C17H23NO3. The van der Waals surface area contributed by atoms with Gasteiger partial charge in [0, 0.05) is 13.1 Å². The van der Waals surface area contributed by atoms with Crippen LogP contribution in [-0.2, 0) is 10.2 Å². The van der Waals surface area contributed by atoms with E-state index in [-0.39, 0.29) is 12.7 Å². The summed E-state index contributed by atoms with van der Waals surface area (Å²) in [5.41, 5.74) is 0.442. The molecule has 0 spiro atoms. The number of piperidine rings is 1. The van der Waals surface area contributed by atoms with Crippen molar-refractivity contribution in [3.05, 3.63) is 23.8 Å². The standard InChI is InChI=1S/C17H23NO3/c1-12-6-8-18(9-7-12)16(19)17(2,3)13-4-5-14-15(10-13)21-11-20-14/h4-5,10,12H,6-9,11H2,1-3H3. The molecule has 0 saturated carbocycles. The number of benzene rings is 1. The minimum absolute atomic E-state index is 0.202. The number of rotatable bonds is 2. The van der Waals surface area contributed by atoms with Crippen molar-refractivity contribution in [3.63, 3.8) is 0 Å². The van der Waals surface area contributed by atoms with Crippen LogP contribution in [0, 0.1) is 5.92 Å². The maximum absolute atomic E-state index is 12.9. The number of amides is 1. The van der Waals surface area contributed by atoms with Gasteiger partial charge in [-0.05, 0) is 50.3 Å². The molecule has 0 radical (unpaired) electrons. The number of nitrogens with zero attached hydrogens (tertiary/aromatic N) is 1. The van der Waals surface area contributed by atoms with E-state index >= 15 is 0 Å². The molecule has 0 aromatic heterocycles. The van der Waals surface area contributed by atoms with Gasteiger partial charge >= 0.3 is 0 Å². The molecule has 0 unspecified atom stereocenters. The van der Waals surface area contributed by atoms with E-state index in [2.05, 4.69) is 6.92 Å². The normalized spacial score (nSPS) is 18.9. The molecule has 4 nitrogen and oxygen atoms in total. The number of hydrogen-bond donors (Lipinski definition) is 0. The molecule has 2 aliphatic rings. The first-order valence-corrected chi connectivity index (χ1v) is 7.68. The van der Waals surface area contributed by atoms with E-state index in [4.69, 9.17) is 9.47 Å². The van der Waals surface area contributed by atoms with Crippen molar-refractivity contribution in [1.82, 2.24) is 4.90 Å². The Bertz CT molecular complexity index is 545. The summed E-state index contributed by atoms with van der Waals surface area (Å²) < 4.78 is 10.8. The molecule has 1 aromatic rings. The second kappa shape index (κ2) is 5.24. The van der Waals surface area contributed by atoms with Crippen molar-refractivity contribution < 1.29 is 14.3 Å². The highest BCUT2D eigenvalue weighted by atomic mass is 16.7. The lowest BCUT2D eigenvalue weighted by Crippen LogP contribution is -2.46. The first kappa shape index (κ1) is 14.2. The van der Waals surface area contributed by atoms with Crippen LogP contribution >= 0.6 is 0 Å². The molecule has 0 atom stereocenters. The van der Waals surface area contributed by atoms with E-state index in [0.717, 1.165) is 48.9 Å². The molecule has 21 heavy (non-hydrogen) atoms. The predicted octanol–water partition coefficient (Wildman–Crippen LogP) is 2.95. The first-order chi connectivity index (χ1) is 9.98. The zero-order valence-electron chi connectivity index (χ0n) is 13.0. The highest BCUT2D eigenvalue weighted by Crippen LogP contribution is 2.37. The van der Waals surface area contributed by atoms with Crippen LogP contribution in [0.4, 0.5) is 0 Å². The number of likely N-dealkylation sites (tertiary alicyclic amines) is 1. The third-order valence-corrected chi connectivity index (χ3v) is 4.70. The number of carbonyl (C=O) groups is 1. The Morgan fingerprint density at radius 3 is 2.57 bits per heavy atom. The first-order valence-electron chi connectivity index (χ1n) is 7.68. The van der Waals surface area contributed by atoms with Gasteiger partial charge in [-0.25, -0.2) is 0 Å². The Labute approximate surface area is 126 Å².